The molecule has 0 saturated heterocycles. The molecule has 3 rings (SSSR count). The van der Waals surface area contributed by atoms with Gasteiger partial charge >= 0.3 is 5.97 Å². The predicted octanol–water partition coefficient (Wildman–Crippen LogP) is 4.90. The molecule has 0 spiro atoms. The molecule has 5 nitrogen and oxygen atoms in total. The second-order valence-electron chi connectivity index (χ2n) is 5.53. The zero-order valence-corrected chi connectivity index (χ0v) is 14.5. The average Bonchev–Trinajstić information content (AvgIpc) is 3.00. The van der Waals surface area contributed by atoms with E-state index in [4.69, 9.17) is 0 Å². The Kier molecular flexibility index (Phi) is 5.30. The summed E-state index contributed by atoms with van der Waals surface area (Å²) in [4.78, 5) is 17.0. The zero-order valence-electron chi connectivity index (χ0n) is 13.7. The third-order valence-corrected chi connectivity index (χ3v) is 4.53. The summed E-state index contributed by atoms with van der Waals surface area (Å²) >= 11 is 1.40. The summed E-state index contributed by atoms with van der Waals surface area (Å²) in [5.41, 5.74) is 2.78. The fourth-order valence-corrected chi connectivity index (χ4v) is 3.18. The molecule has 0 radical (unpaired) electrons. The zero-order chi connectivity index (χ0) is 17.6. The normalized spacial score (nSPS) is 12.4. The van der Waals surface area contributed by atoms with Gasteiger partial charge < -0.3 is 5.11 Å². The van der Waals surface area contributed by atoms with Gasteiger partial charge in [0.25, 0.3) is 0 Å². The van der Waals surface area contributed by atoms with Crippen LogP contribution >= 0.6 is 11.3 Å². The first kappa shape index (κ1) is 17.0. The predicted molar refractivity (Wildman–Crippen MR) is 98.4 cm³/mol. The Hall–Kier alpha value is -2.86. The van der Waals surface area contributed by atoms with Crippen LogP contribution in [0.3, 0.4) is 0 Å². The van der Waals surface area contributed by atoms with Crippen molar-refractivity contribution in [2.24, 2.45) is 10.2 Å². The van der Waals surface area contributed by atoms with E-state index in [-0.39, 0.29) is 0 Å². The van der Waals surface area contributed by atoms with E-state index in [1.165, 1.54) is 11.3 Å². The van der Waals surface area contributed by atoms with Gasteiger partial charge in [0, 0.05) is 16.9 Å². The Labute approximate surface area is 149 Å². The fourth-order valence-electron chi connectivity index (χ4n) is 2.42. The minimum absolute atomic E-state index is 0.301. The summed E-state index contributed by atoms with van der Waals surface area (Å²) in [7, 11) is 0. The van der Waals surface area contributed by atoms with E-state index >= 15 is 0 Å². The number of aliphatic carboxylic acids is 1. The minimum atomic E-state index is -0.996. The van der Waals surface area contributed by atoms with E-state index in [1.54, 1.807) is 0 Å². The maximum atomic E-state index is 11.4. The number of aromatic nitrogens is 1. The number of thiazole rings is 1. The van der Waals surface area contributed by atoms with Crippen LogP contribution in [0.15, 0.2) is 70.9 Å². The number of hydrogen-bond acceptors (Lipinski definition) is 5. The summed E-state index contributed by atoms with van der Waals surface area (Å²) in [6.07, 6.45) is 0.301. The number of carboxylic acid groups (broad SMARTS) is 1. The molecule has 1 N–H and O–H groups in total. The number of aryl methyl sites for hydroxylation is 1. The SMILES string of the molecule is Cc1sc(N=NC(Cc2ccccc2)C(=O)O)nc1-c1ccccc1. The summed E-state index contributed by atoms with van der Waals surface area (Å²) < 4.78 is 0. The lowest BCUT2D eigenvalue weighted by Crippen LogP contribution is -2.20. The van der Waals surface area contributed by atoms with Crippen molar-refractivity contribution in [3.63, 3.8) is 0 Å². The molecule has 25 heavy (non-hydrogen) atoms. The molecule has 6 heteroatoms. The number of benzene rings is 2. The molecular formula is C19H17N3O2S. The van der Waals surface area contributed by atoms with Gasteiger partial charge in [0.2, 0.25) is 5.13 Å². The second kappa shape index (κ2) is 7.81. The highest BCUT2D eigenvalue weighted by Crippen LogP contribution is 2.32. The number of rotatable bonds is 6. The van der Waals surface area contributed by atoms with Crippen molar-refractivity contribution < 1.29 is 9.90 Å². The van der Waals surface area contributed by atoms with Crippen molar-refractivity contribution in [3.05, 3.63) is 71.1 Å². The molecule has 0 saturated carbocycles. The molecule has 0 bridgehead atoms. The molecule has 1 heterocycles. The lowest BCUT2D eigenvalue weighted by atomic mass is 10.1. The van der Waals surface area contributed by atoms with Gasteiger partial charge in [-0.2, -0.15) is 5.11 Å². The van der Waals surface area contributed by atoms with Gasteiger partial charge in [-0.15, -0.1) is 5.11 Å². The van der Waals surface area contributed by atoms with Crippen LogP contribution in [0.5, 0.6) is 0 Å². The molecule has 0 fully saturated rings. The van der Waals surface area contributed by atoms with Gasteiger partial charge in [-0.05, 0) is 12.5 Å². The first-order valence-electron chi connectivity index (χ1n) is 7.84. The van der Waals surface area contributed by atoms with Crippen molar-refractivity contribution in [3.8, 4) is 11.3 Å². The van der Waals surface area contributed by atoms with Gasteiger partial charge in [-0.1, -0.05) is 72.0 Å². The summed E-state index contributed by atoms with van der Waals surface area (Å²) in [5.74, 6) is -0.996. The maximum absolute atomic E-state index is 11.4. The molecule has 126 valence electrons. The molecule has 2 aromatic carbocycles. The lowest BCUT2D eigenvalue weighted by molar-refractivity contribution is -0.138. The van der Waals surface area contributed by atoms with Crippen LogP contribution in [-0.2, 0) is 11.2 Å². The van der Waals surface area contributed by atoms with Crippen molar-refractivity contribution >= 4 is 22.4 Å². The first-order chi connectivity index (χ1) is 12.1. The number of carbonyl (C=O) groups is 1. The monoisotopic (exact) mass is 351 g/mol. The quantitative estimate of drug-likeness (QED) is 0.642. The molecule has 3 aromatic rings. The smallest absolute Gasteiger partial charge is 0.330 e. The molecule has 0 aliphatic rings. The molecule has 1 unspecified atom stereocenters. The molecule has 1 atom stereocenters. The van der Waals surface area contributed by atoms with Crippen LogP contribution < -0.4 is 0 Å². The van der Waals surface area contributed by atoms with Crippen LogP contribution in [0.25, 0.3) is 11.3 Å². The van der Waals surface area contributed by atoms with Gasteiger partial charge in [0.05, 0.1) is 5.69 Å². The number of hydrogen-bond donors (Lipinski definition) is 1. The minimum Gasteiger partial charge on any atom is -0.480 e. The van der Waals surface area contributed by atoms with Crippen LogP contribution in [0.1, 0.15) is 10.4 Å². The van der Waals surface area contributed by atoms with Gasteiger partial charge in [0.15, 0.2) is 6.04 Å². The Morgan fingerprint density at radius 2 is 1.76 bits per heavy atom. The third kappa shape index (κ3) is 4.36. The van der Waals surface area contributed by atoms with Crippen LogP contribution in [0.2, 0.25) is 0 Å². The summed E-state index contributed by atoms with van der Waals surface area (Å²) in [6.45, 7) is 1.97. The highest BCUT2D eigenvalue weighted by Gasteiger charge is 2.18. The Morgan fingerprint density at radius 1 is 1.12 bits per heavy atom. The Balaban J connectivity index is 1.79. The fraction of sp³-hybridized carbons (Fsp3) is 0.158. The molecular weight excluding hydrogens is 334 g/mol. The van der Waals surface area contributed by atoms with Crippen molar-refractivity contribution in [2.75, 3.05) is 0 Å². The number of nitrogens with zero attached hydrogens (tertiary/aromatic N) is 3. The highest BCUT2D eigenvalue weighted by atomic mass is 32.1. The molecule has 0 amide bonds. The highest BCUT2D eigenvalue weighted by molar-refractivity contribution is 7.15. The van der Waals surface area contributed by atoms with E-state index in [1.807, 2.05) is 67.6 Å². The standard InChI is InChI=1S/C19H17N3O2S/c1-13-17(15-10-6-3-7-11-15)20-19(25-13)22-21-16(18(23)24)12-14-8-4-2-5-9-14/h2-11,16H,12H2,1H3,(H,23,24). The van der Waals surface area contributed by atoms with Gasteiger partial charge in [-0.25, -0.2) is 9.78 Å². The second-order valence-corrected chi connectivity index (χ2v) is 6.71. The van der Waals surface area contributed by atoms with E-state index in [2.05, 4.69) is 15.2 Å². The molecule has 0 aliphatic heterocycles. The van der Waals surface area contributed by atoms with Crippen LogP contribution in [0.4, 0.5) is 5.13 Å². The van der Waals surface area contributed by atoms with Crippen molar-refractivity contribution in [2.45, 2.75) is 19.4 Å². The number of carboxylic acids is 1. The van der Waals surface area contributed by atoms with E-state index in [0.717, 1.165) is 21.7 Å². The molecule has 0 aliphatic carbocycles. The van der Waals surface area contributed by atoms with E-state index < -0.39 is 12.0 Å². The third-order valence-electron chi connectivity index (χ3n) is 3.67. The van der Waals surface area contributed by atoms with Gasteiger partial charge in [-0.3, -0.25) is 0 Å². The Bertz CT molecular complexity index is 876. The lowest BCUT2D eigenvalue weighted by Gasteiger charge is -2.05. The maximum Gasteiger partial charge on any atom is 0.330 e. The number of azo groups is 1. The first-order valence-corrected chi connectivity index (χ1v) is 8.65. The Morgan fingerprint density at radius 3 is 2.40 bits per heavy atom. The van der Waals surface area contributed by atoms with Crippen molar-refractivity contribution in [1.82, 2.24) is 4.98 Å². The topological polar surface area (TPSA) is 74.9 Å². The van der Waals surface area contributed by atoms with Crippen molar-refractivity contribution in [1.29, 1.82) is 0 Å². The van der Waals surface area contributed by atoms with E-state index in [0.29, 0.717) is 11.6 Å². The van der Waals surface area contributed by atoms with E-state index in [9.17, 15) is 9.90 Å². The van der Waals surface area contributed by atoms with Gasteiger partial charge in [0.1, 0.15) is 0 Å². The summed E-state index contributed by atoms with van der Waals surface area (Å²) in [6, 6.07) is 18.3. The largest absolute Gasteiger partial charge is 0.480 e. The van der Waals surface area contributed by atoms with Crippen LogP contribution in [-0.4, -0.2) is 22.1 Å². The summed E-state index contributed by atoms with van der Waals surface area (Å²) in [5, 5.41) is 17.9. The van der Waals surface area contributed by atoms with Crippen LogP contribution in [0, 0.1) is 6.92 Å². The molecule has 1 aromatic heterocycles. The average molecular weight is 351 g/mol.